The number of hydrogen-bond donors (Lipinski definition) is 2. The van der Waals surface area contributed by atoms with E-state index in [9.17, 15) is 0 Å². The zero-order valence-corrected chi connectivity index (χ0v) is 17.5. The average Bonchev–Trinajstić information content (AvgIpc) is 3.13. The zero-order valence-electron chi connectivity index (χ0n) is 17.5. The van der Waals surface area contributed by atoms with Crippen molar-refractivity contribution in [1.82, 2.24) is 0 Å². The molecular formula is C25H28N5O+. The molecular weight excluding hydrogens is 386 g/mol. The number of quaternary nitrogens is 1. The predicted molar refractivity (Wildman–Crippen MR) is 123 cm³/mol. The lowest BCUT2D eigenvalue weighted by Crippen LogP contribution is -2.53. The molecule has 0 saturated heterocycles. The van der Waals surface area contributed by atoms with E-state index in [1.165, 1.54) is 0 Å². The number of amidine groups is 1. The summed E-state index contributed by atoms with van der Waals surface area (Å²) in [5, 5.41) is 0. The molecule has 2 aliphatic heterocycles. The van der Waals surface area contributed by atoms with Crippen molar-refractivity contribution in [3.05, 3.63) is 84.0 Å². The Labute approximate surface area is 182 Å². The van der Waals surface area contributed by atoms with Gasteiger partial charge in [-0.05, 0) is 74.5 Å². The van der Waals surface area contributed by atoms with Crippen LogP contribution in [0.15, 0.2) is 88.4 Å². The number of nitrogens with two attached hydrogens (primary N) is 2. The SMILES string of the molecule is NCC1CCC(C2=C3C=NC=C[N+]3(N)C(c3ccc(Oc4ccccc4)cc3)=N2)CC1. The molecule has 2 aromatic carbocycles. The summed E-state index contributed by atoms with van der Waals surface area (Å²) in [6.07, 6.45) is 10.0. The number of para-hydroxylation sites is 1. The molecule has 0 spiro atoms. The van der Waals surface area contributed by atoms with Crippen molar-refractivity contribution in [1.29, 1.82) is 0 Å². The van der Waals surface area contributed by atoms with Crippen molar-refractivity contribution >= 4 is 12.1 Å². The maximum atomic E-state index is 6.87. The van der Waals surface area contributed by atoms with E-state index >= 15 is 0 Å². The smallest absolute Gasteiger partial charge is 0.264 e. The monoisotopic (exact) mass is 414 g/mol. The Morgan fingerprint density at radius 3 is 2.35 bits per heavy atom. The lowest BCUT2D eigenvalue weighted by Gasteiger charge is -2.29. The maximum Gasteiger partial charge on any atom is 0.264 e. The van der Waals surface area contributed by atoms with E-state index in [1.54, 1.807) is 6.20 Å². The molecule has 2 aromatic rings. The summed E-state index contributed by atoms with van der Waals surface area (Å²) in [6, 6.07) is 17.7. The number of allylic oxidation sites excluding steroid dienone is 2. The van der Waals surface area contributed by atoms with Gasteiger partial charge in [0.2, 0.25) is 5.70 Å². The van der Waals surface area contributed by atoms with Crippen molar-refractivity contribution in [2.45, 2.75) is 25.7 Å². The van der Waals surface area contributed by atoms with Gasteiger partial charge in [-0.3, -0.25) is 4.99 Å². The molecule has 0 bridgehead atoms. The summed E-state index contributed by atoms with van der Waals surface area (Å²) in [5.74, 6) is 10.3. The molecule has 1 fully saturated rings. The molecule has 1 atom stereocenters. The van der Waals surface area contributed by atoms with Gasteiger partial charge in [0.25, 0.3) is 5.84 Å². The molecule has 5 rings (SSSR count). The molecule has 0 aromatic heterocycles. The second-order valence-corrected chi connectivity index (χ2v) is 8.45. The summed E-state index contributed by atoms with van der Waals surface area (Å²) in [5.41, 5.74) is 8.91. The van der Waals surface area contributed by atoms with Crippen LogP contribution in [-0.2, 0) is 0 Å². The minimum atomic E-state index is 0.0640. The topological polar surface area (TPSA) is 86.0 Å². The number of ether oxygens (including phenoxy) is 1. The fourth-order valence-corrected chi connectivity index (χ4v) is 4.67. The van der Waals surface area contributed by atoms with Gasteiger partial charge < -0.3 is 10.5 Å². The standard InChI is InChI=1S/C25H28N5O/c26-16-18-6-8-19(9-7-18)24-23-17-28-14-15-30(23,27)25(29-24)20-10-12-22(13-11-20)31-21-4-2-1-3-5-21/h1-5,10-15,17-19H,6-9,16,26-27H2/q+1. The Balaban J connectivity index is 1.42. The van der Waals surface area contributed by atoms with Crippen LogP contribution in [-0.4, -0.2) is 23.2 Å². The van der Waals surface area contributed by atoms with Gasteiger partial charge in [-0.25, -0.2) is 0 Å². The first-order valence-electron chi connectivity index (χ1n) is 10.9. The van der Waals surface area contributed by atoms with Gasteiger partial charge in [-0.2, -0.15) is 10.8 Å². The van der Waals surface area contributed by atoms with Crippen LogP contribution >= 0.6 is 0 Å². The third-order valence-electron chi connectivity index (χ3n) is 6.48. The summed E-state index contributed by atoms with van der Waals surface area (Å²) in [4.78, 5) is 9.45. The summed E-state index contributed by atoms with van der Waals surface area (Å²) in [6.45, 7) is 0.769. The van der Waals surface area contributed by atoms with Crippen LogP contribution in [0.1, 0.15) is 31.2 Å². The molecule has 31 heavy (non-hydrogen) atoms. The second-order valence-electron chi connectivity index (χ2n) is 8.45. The van der Waals surface area contributed by atoms with Crippen molar-refractivity contribution < 1.29 is 9.33 Å². The van der Waals surface area contributed by atoms with Gasteiger partial charge in [-0.15, -0.1) is 4.59 Å². The predicted octanol–water partition coefficient (Wildman–Crippen LogP) is 4.46. The third kappa shape index (κ3) is 3.74. The van der Waals surface area contributed by atoms with Crippen molar-refractivity contribution in [3.63, 3.8) is 0 Å². The lowest BCUT2D eigenvalue weighted by atomic mass is 9.80. The number of rotatable bonds is 5. The van der Waals surface area contributed by atoms with E-state index < -0.39 is 0 Å². The number of hydrogen-bond acceptors (Lipinski definition) is 5. The van der Waals surface area contributed by atoms with Crippen molar-refractivity contribution in [3.8, 4) is 11.5 Å². The highest BCUT2D eigenvalue weighted by Gasteiger charge is 2.46. The Morgan fingerprint density at radius 2 is 1.65 bits per heavy atom. The van der Waals surface area contributed by atoms with Gasteiger partial charge in [0.15, 0.2) is 0 Å². The summed E-state index contributed by atoms with van der Waals surface area (Å²) < 4.78 is 6.00. The van der Waals surface area contributed by atoms with Crippen molar-refractivity contribution in [2.75, 3.05) is 6.54 Å². The molecule has 4 N–H and O–H groups in total. The van der Waals surface area contributed by atoms with E-state index in [4.69, 9.17) is 21.3 Å². The Morgan fingerprint density at radius 1 is 0.935 bits per heavy atom. The van der Waals surface area contributed by atoms with Gasteiger partial charge in [0.05, 0.1) is 18.0 Å². The number of nitrogens with zero attached hydrogens (tertiary/aromatic N) is 3. The average molecular weight is 415 g/mol. The second kappa shape index (κ2) is 8.23. The molecule has 1 saturated carbocycles. The van der Waals surface area contributed by atoms with E-state index in [0.717, 1.165) is 66.5 Å². The van der Waals surface area contributed by atoms with E-state index in [0.29, 0.717) is 11.8 Å². The highest BCUT2D eigenvalue weighted by atomic mass is 16.5. The van der Waals surface area contributed by atoms with Crippen LogP contribution in [0.3, 0.4) is 0 Å². The van der Waals surface area contributed by atoms with Gasteiger partial charge >= 0.3 is 0 Å². The first-order valence-corrected chi connectivity index (χ1v) is 10.9. The lowest BCUT2D eigenvalue weighted by molar-refractivity contribution is -0.750. The largest absolute Gasteiger partial charge is 0.457 e. The molecule has 0 radical (unpaired) electrons. The first-order chi connectivity index (χ1) is 15.2. The Kier molecular flexibility index (Phi) is 5.28. The normalized spacial score (nSPS) is 27.2. The Bertz CT molecular complexity index is 1060. The highest BCUT2D eigenvalue weighted by molar-refractivity contribution is 6.00. The minimum Gasteiger partial charge on any atom is -0.457 e. The molecule has 158 valence electrons. The van der Waals surface area contributed by atoms with Crippen LogP contribution in [0.5, 0.6) is 11.5 Å². The fraction of sp³-hybridized carbons (Fsp3) is 0.280. The van der Waals surface area contributed by atoms with Crippen LogP contribution in [0, 0.1) is 11.8 Å². The molecule has 1 aliphatic carbocycles. The zero-order chi connectivity index (χ0) is 21.3. The van der Waals surface area contributed by atoms with E-state index in [-0.39, 0.29) is 4.59 Å². The van der Waals surface area contributed by atoms with Crippen LogP contribution in [0.4, 0.5) is 0 Å². The molecule has 6 nitrogen and oxygen atoms in total. The maximum absolute atomic E-state index is 6.87. The van der Waals surface area contributed by atoms with Crippen LogP contribution in [0.2, 0.25) is 0 Å². The molecule has 0 amide bonds. The fourth-order valence-electron chi connectivity index (χ4n) is 4.67. The molecule has 6 heteroatoms. The Hall–Kier alpha value is -3.06. The third-order valence-corrected chi connectivity index (χ3v) is 6.48. The summed E-state index contributed by atoms with van der Waals surface area (Å²) >= 11 is 0. The quantitative estimate of drug-likeness (QED) is 0.559. The molecule has 1 unspecified atom stereocenters. The highest BCUT2D eigenvalue weighted by Crippen LogP contribution is 2.41. The van der Waals surface area contributed by atoms with E-state index in [2.05, 4.69) is 4.99 Å². The number of aliphatic imine (C=N–C) groups is 2. The number of fused-ring (bicyclic) bond motifs is 1. The van der Waals surface area contributed by atoms with E-state index in [1.807, 2.05) is 67.0 Å². The number of benzene rings is 2. The van der Waals surface area contributed by atoms with Crippen LogP contribution < -0.4 is 16.3 Å². The van der Waals surface area contributed by atoms with Gasteiger partial charge in [0, 0.05) is 5.92 Å². The van der Waals surface area contributed by atoms with Gasteiger partial charge in [-0.1, -0.05) is 18.2 Å². The molecule has 2 heterocycles. The van der Waals surface area contributed by atoms with Crippen molar-refractivity contribution in [2.24, 2.45) is 33.4 Å². The first kappa shape index (κ1) is 19.9. The minimum absolute atomic E-state index is 0.0640. The van der Waals surface area contributed by atoms with Gasteiger partial charge in [0.1, 0.15) is 23.4 Å². The molecule has 3 aliphatic rings. The summed E-state index contributed by atoms with van der Waals surface area (Å²) in [7, 11) is 0. The van der Waals surface area contributed by atoms with Crippen LogP contribution in [0.25, 0.3) is 0 Å².